The molecule has 2 nitrogen and oxygen atoms in total. The van der Waals surface area contributed by atoms with Gasteiger partial charge in [0.15, 0.2) is 11.6 Å². The molecular formula is C13H16FNO. The molecule has 0 aliphatic heterocycles. The van der Waals surface area contributed by atoms with Crippen LogP contribution in [0.15, 0.2) is 18.2 Å². The lowest BCUT2D eigenvalue weighted by Crippen LogP contribution is -2.11. The molecule has 0 aromatic heterocycles. The van der Waals surface area contributed by atoms with Crippen LogP contribution in [0, 0.1) is 22.6 Å². The molecule has 0 heterocycles. The maximum atomic E-state index is 13.4. The van der Waals surface area contributed by atoms with Crippen LogP contribution in [0.25, 0.3) is 0 Å². The summed E-state index contributed by atoms with van der Waals surface area (Å²) in [5, 5.41) is 8.58. The highest BCUT2D eigenvalue weighted by Gasteiger charge is 2.11. The average Bonchev–Trinajstić information content (AvgIpc) is 2.18. The van der Waals surface area contributed by atoms with E-state index >= 15 is 0 Å². The summed E-state index contributed by atoms with van der Waals surface area (Å²) in [4.78, 5) is 0. The van der Waals surface area contributed by atoms with Crippen molar-refractivity contribution in [2.24, 2.45) is 5.41 Å². The predicted octanol–water partition coefficient (Wildman–Crippen LogP) is 3.51. The molecule has 0 radical (unpaired) electrons. The monoisotopic (exact) mass is 221 g/mol. The molecule has 3 heteroatoms. The van der Waals surface area contributed by atoms with Crippen LogP contribution in [0.5, 0.6) is 5.75 Å². The van der Waals surface area contributed by atoms with Gasteiger partial charge in [0.25, 0.3) is 0 Å². The fraction of sp³-hybridized carbons (Fsp3) is 0.462. The van der Waals surface area contributed by atoms with Crippen molar-refractivity contribution in [3.05, 3.63) is 29.6 Å². The molecule has 16 heavy (non-hydrogen) atoms. The van der Waals surface area contributed by atoms with Gasteiger partial charge in [-0.3, -0.25) is 0 Å². The lowest BCUT2D eigenvalue weighted by Gasteiger charge is -2.18. The normalized spacial score (nSPS) is 10.9. The Bertz CT molecular complexity index is 401. The molecule has 0 aliphatic rings. The molecule has 0 aliphatic carbocycles. The third kappa shape index (κ3) is 3.90. The topological polar surface area (TPSA) is 33.0 Å². The maximum absolute atomic E-state index is 13.4. The minimum Gasteiger partial charge on any atom is -0.490 e. The van der Waals surface area contributed by atoms with Crippen molar-refractivity contribution in [1.29, 1.82) is 5.26 Å². The molecule has 0 spiro atoms. The zero-order valence-electron chi connectivity index (χ0n) is 9.88. The van der Waals surface area contributed by atoms with Gasteiger partial charge in [-0.05, 0) is 30.0 Å². The van der Waals surface area contributed by atoms with Crippen LogP contribution in [0.2, 0.25) is 0 Å². The first-order valence-electron chi connectivity index (χ1n) is 5.25. The van der Waals surface area contributed by atoms with Crippen molar-refractivity contribution in [2.75, 3.05) is 6.61 Å². The van der Waals surface area contributed by atoms with Gasteiger partial charge in [-0.1, -0.05) is 20.8 Å². The fourth-order valence-corrected chi connectivity index (χ4v) is 1.15. The van der Waals surface area contributed by atoms with Crippen LogP contribution in [-0.4, -0.2) is 6.61 Å². The summed E-state index contributed by atoms with van der Waals surface area (Å²) in [6.45, 7) is 6.79. The van der Waals surface area contributed by atoms with E-state index in [4.69, 9.17) is 10.00 Å². The highest BCUT2D eigenvalue weighted by Crippen LogP contribution is 2.21. The number of hydrogen-bond acceptors (Lipinski definition) is 2. The third-order valence-corrected chi connectivity index (χ3v) is 2.17. The van der Waals surface area contributed by atoms with E-state index < -0.39 is 5.82 Å². The molecule has 0 saturated carbocycles. The molecule has 0 amide bonds. The number of ether oxygens (including phenoxy) is 1. The van der Waals surface area contributed by atoms with Crippen molar-refractivity contribution in [2.45, 2.75) is 27.2 Å². The zero-order chi connectivity index (χ0) is 12.2. The standard InChI is InChI=1S/C13H16FNO/c1-13(2,3)6-7-16-12-5-4-10(9-15)8-11(12)14/h4-5,8H,6-7H2,1-3H3. The third-order valence-electron chi connectivity index (χ3n) is 2.17. The number of benzene rings is 1. The summed E-state index contributed by atoms with van der Waals surface area (Å²) in [7, 11) is 0. The highest BCUT2D eigenvalue weighted by atomic mass is 19.1. The Morgan fingerprint density at radius 2 is 2.06 bits per heavy atom. The molecule has 1 aromatic rings. The summed E-state index contributed by atoms with van der Waals surface area (Å²) in [6, 6.07) is 6.11. The molecule has 86 valence electrons. The Morgan fingerprint density at radius 1 is 1.38 bits per heavy atom. The highest BCUT2D eigenvalue weighted by molar-refractivity contribution is 5.35. The Labute approximate surface area is 95.7 Å². The van der Waals surface area contributed by atoms with E-state index in [2.05, 4.69) is 20.8 Å². The minimum atomic E-state index is -0.479. The molecular weight excluding hydrogens is 205 g/mol. The van der Waals surface area contributed by atoms with Crippen molar-refractivity contribution in [3.63, 3.8) is 0 Å². The molecule has 0 N–H and O–H groups in total. The van der Waals surface area contributed by atoms with Gasteiger partial charge in [0.05, 0.1) is 18.2 Å². The van der Waals surface area contributed by atoms with Crippen molar-refractivity contribution < 1.29 is 9.13 Å². The molecule has 0 unspecified atom stereocenters. The molecule has 0 bridgehead atoms. The first kappa shape index (κ1) is 12.5. The molecule has 0 saturated heterocycles. The smallest absolute Gasteiger partial charge is 0.166 e. The SMILES string of the molecule is CC(C)(C)CCOc1ccc(C#N)cc1F. The van der Waals surface area contributed by atoms with E-state index in [1.165, 1.54) is 12.1 Å². The minimum absolute atomic E-state index is 0.170. The lowest BCUT2D eigenvalue weighted by atomic mass is 9.93. The number of hydrogen-bond donors (Lipinski definition) is 0. The van der Waals surface area contributed by atoms with Gasteiger partial charge in [0.1, 0.15) is 0 Å². The number of halogens is 1. The lowest BCUT2D eigenvalue weighted by molar-refractivity contribution is 0.235. The Kier molecular flexibility index (Phi) is 3.89. The summed E-state index contributed by atoms with van der Waals surface area (Å²) in [6.07, 6.45) is 0.854. The van der Waals surface area contributed by atoms with Gasteiger partial charge in [0, 0.05) is 0 Å². The second-order valence-corrected chi connectivity index (χ2v) is 4.92. The second-order valence-electron chi connectivity index (χ2n) is 4.92. The first-order chi connectivity index (χ1) is 7.42. The Balaban J connectivity index is 2.59. The van der Waals surface area contributed by atoms with Crippen molar-refractivity contribution in [1.82, 2.24) is 0 Å². The van der Waals surface area contributed by atoms with E-state index in [-0.39, 0.29) is 11.2 Å². The van der Waals surface area contributed by atoms with Crippen LogP contribution in [0.3, 0.4) is 0 Å². The Hall–Kier alpha value is -1.56. The number of nitrogens with zero attached hydrogens (tertiary/aromatic N) is 1. The van der Waals surface area contributed by atoms with Crippen LogP contribution in [0.4, 0.5) is 4.39 Å². The molecule has 0 atom stereocenters. The second kappa shape index (κ2) is 4.98. The maximum Gasteiger partial charge on any atom is 0.166 e. The van der Waals surface area contributed by atoms with E-state index in [0.29, 0.717) is 12.2 Å². The Morgan fingerprint density at radius 3 is 2.56 bits per heavy atom. The fourth-order valence-electron chi connectivity index (χ4n) is 1.15. The average molecular weight is 221 g/mol. The van der Waals surface area contributed by atoms with E-state index in [0.717, 1.165) is 6.42 Å². The number of nitriles is 1. The van der Waals surface area contributed by atoms with Crippen LogP contribution >= 0.6 is 0 Å². The largest absolute Gasteiger partial charge is 0.490 e. The van der Waals surface area contributed by atoms with E-state index in [1.54, 1.807) is 6.07 Å². The van der Waals surface area contributed by atoms with Crippen molar-refractivity contribution >= 4 is 0 Å². The number of rotatable bonds is 3. The molecule has 0 fully saturated rings. The molecule has 1 rings (SSSR count). The van der Waals surface area contributed by atoms with Gasteiger partial charge >= 0.3 is 0 Å². The quantitative estimate of drug-likeness (QED) is 0.782. The predicted molar refractivity (Wildman–Crippen MR) is 60.7 cm³/mol. The van der Waals surface area contributed by atoms with Crippen molar-refractivity contribution in [3.8, 4) is 11.8 Å². The van der Waals surface area contributed by atoms with Gasteiger partial charge < -0.3 is 4.74 Å². The van der Waals surface area contributed by atoms with Crippen LogP contribution < -0.4 is 4.74 Å². The van der Waals surface area contributed by atoms with E-state index in [9.17, 15) is 4.39 Å². The molecule has 1 aromatic carbocycles. The zero-order valence-corrected chi connectivity index (χ0v) is 9.88. The summed E-state index contributed by atoms with van der Waals surface area (Å²) in [5.41, 5.74) is 0.476. The van der Waals surface area contributed by atoms with Crippen LogP contribution in [0.1, 0.15) is 32.8 Å². The van der Waals surface area contributed by atoms with Gasteiger partial charge in [0.2, 0.25) is 0 Å². The summed E-state index contributed by atoms with van der Waals surface area (Å²) in [5.74, 6) is -0.267. The van der Waals surface area contributed by atoms with E-state index in [1.807, 2.05) is 6.07 Å². The van der Waals surface area contributed by atoms with Gasteiger partial charge in [-0.15, -0.1) is 0 Å². The first-order valence-corrected chi connectivity index (χ1v) is 5.25. The van der Waals surface area contributed by atoms with Gasteiger partial charge in [-0.25, -0.2) is 4.39 Å². The van der Waals surface area contributed by atoms with Crippen LogP contribution in [-0.2, 0) is 0 Å². The summed E-state index contributed by atoms with van der Waals surface area (Å²) >= 11 is 0. The summed E-state index contributed by atoms with van der Waals surface area (Å²) < 4.78 is 18.7. The van der Waals surface area contributed by atoms with Gasteiger partial charge in [-0.2, -0.15) is 5.26 Å².